The maximum Gasteiger partial charge on any atom is 0.350 e. The number of aryl methyl sites for hydroxylation is 1. The number of anilines is 1. The van der Waals surface area contributed by atoms with E-state index in [1.54, 1.807) is 13.8 Å². The molecule has 0 aliphatic heterocycles. The second-order valence-corrected chi connectivity index (χ2v) is 7.27. The van der Waals surface area contributed by atoms with Gasteiger partial charge in [0, 0.05) is 5.56 Å². The van der Waals surface area contributed by atoms with Crippen LogP contribution in [0.15, 0.2) is 35.5 Å². The molecule has 27 heavy (non-hydrogen) atoms. The van der Waals surface area contributed by atoms with Gasteiger partial charge in [-0.05, 0) is 13.8 Å². The van der Waals surface area contributed by atoms with Crippen LogP contribution in [0.25, 0.3) is 11.3 Å². The highest BCUT2D eigenvalue weighted by Gasteiger charge is 2.21. The number of thiazole rings is 1. The van der Waals surface area contributed by atoms with Gasteiger partial charge in [-0.25, -0.2) is 14.8 Å². The van der Waals surface area contributed by atoms with Crippen LogP contribution in [0.4, 0.5) is 5.13 Å². The Kier molecular flexibility index (Phi) is 6.20. The predicted molar refractivity (Wildman–Crippen MR) is 104 cm³/mol. The van der Waals surface area contributed by atoms with E-state index in [4.69, 9.17) is 4.74 Å². The van der Waals surface area contributed by atoms with Gasteiger partial charge in [0.2, 0.25) is 11.1 Å². The molecule has 2 heterocycles. The molecule has 3 rings (SSSR count). The van der Waals surface area contributed by atoms with E-state index in [0.717, 1.165) is 16.9 Å². The third-order valence-electron chi connectivity index (χ3n) is 3.29. The van der Waals surface area contributed by atoms with Crippen molar-refractivity contribution in [3.8, 4) is 11.3 Å². The highest BCUT2D eigenvalue weighted by Crippen LogP contribution is 2.32. The number of aromatic nitrogens is 4. The van der Waals surface area contributed by atoms with Gasteiger partial charge in [0.25, 0.3) is 0 Å². The average molecular weight is 403 g/mol. The van der Waals surface area contributed by atoms with E-state index in [1.165, 1.54) is 11.8 Å². The molecule has 0 atom stereocenters. The summed E-state index contributed by atoms with van der Waals surface area (Å²) in [4.78, 5) is 33.4. The third kappa shape index (κ3) is 4.92. The lowest BCUT2D eigenvalue weighted by Gasteiger charge is -2.01. The van der Waals surface area contributed by atoms with Crippen LogP contribution in [0.5, 0.6) is 0 Å². The normalized spacial score (nSPS) is 10.6. The van der Waals surface area contributed by atoms with Crippen LogP contribution in [0, 0.1) is 6.92 Å². The molecule has 0 saturated carbocycles. The van der Waals surface area contributed by atoms with Crippen molar-refractivity contribution in [2.24, 2.45) is 0 Å². The number of ether oxygens (including phenoxy) is 1. The van der Waals surface area contributed by atoms with Crippen LogP contribution in [0.2, 0.25) is 0 Å². The fourth-order valence-corrected chi connectivity index (χ4v) is 3.71. The quantitative estimate of drug-likeness (QED) is 0.460. The summed E-state index contributed by atoms with van der Waals surface area (Å²) in [6.45, 7) is 3.79. The number of carbonyl (C=O) groups is 2. The van der Waals surface area contributed by atoms with Gasteiger partial charge in [-0.2, -0.15) is 0 Å². The van der Waals surface area contributed by atoms with E-state index >= 15 is 0 Å². The summed E-state index contributed by atoms with van der Waals surface area (Å²) in [6.07, 6.45) is 0. The first kappa shape index (κ1) is 19.1. The summed E-state index contributed by atoms with van der Waals surface area (Å²) >= 11 is 2.30. The van der Waals surface area contributed by atoms with Gasteiger partial charge in [0.05, 0.1) is 18.1 Å². The van der Waals surface area contributed by atoms with Crippen molar-refractivity contribution in [1.82, 2.24) is 20.2 Å². The van der Waals surface area contributed by atoms with Crippen LogP contribution < -0.4 is 5.32 Å². The van der Waals surface area contributed by atoms with E-state index < -0.39 is 5.97 Å². The van der Waals surface area contributed by atoms with Gasteiger partial charge in [-0.1, -0.05) is 53.4 Å². The number of hydrogen-bond acceptors (Lipinski definition) is 8. The number of esters is 1. The summed E-state index contributed by atoms with van der Waals surface area (Å²) in [7, 11) is 0. The fourth-order valence-electron chi connectivity index (χ4n) is 2.17. The molecule has 1 amide bonds. The second-order valence-electron chi connectivity index (χ2n) is 5.32. The first-order valence-corrected chi connectivity index (χ1v) is 9.92. The van der Waals surface area contributed by atoms with Crippen molar-refractivity contribution >= 4 is 40.1 Å². The van der Waals surface area contributed by atoms with Crippen molar-refractivity contribution in [1.29, 1.82) is 0 Å². The molecule has 1 aromatic carbocycles. The molecule has 2 aromatic heterocycles. The van der Waals surface area contributed by atoms with Gasteiger partial charge < -0.3 is 10.1 Å². The smallest absolute Gasteiger partial charge is 0.350 e. The van der Waals surface area contributed by atoms with Gasteiger partial charge in [0.15, 0.2) is 5.13 Å². The number of H-pyrrole nitrogens is 1. The minimum atomic E-state index is -0.458. The number of carbonyl (C=O) groups excluding carboxylic acids is 2. The Morgan fingerprint density at radius 3 is 2.70 bits per heavy atom. The van der Waals surface area contributed by atoms with Crippen molar-refractivity contribution in [3.63, 3.8) is 0 Å². The predicted octanol–water partition coefficient (Wildman–Crippen LogP) is 3.14. The van der Waals surface area contributed by atoms with E-state index in [1.807, 2.05) is 30.3 Å². The Bertz CT molecular complexity index is 939. The first-order valence-electron chi connectivity index (χ1n) is 8.12. The number of aromatic amines is 1. The largest absolute Gasteiger partial charge is 0.462 e. The molecule has 0 bridgehead atoms. The molecule has 0 spiro atoms. The Morgan fingerprint density at radius 2 is 2.04 bits per heavy atom. The third-order valence-corrected chi connectivity index (χ3v) is 5.09. The zero-order valence-corrected chi connectivity index (χ0v) is 16.3. The monoisotopic (exact) mass is 403 g/mol. The van der Waals surface area contributed by atoms with Gasteiger partial charge >= 0.3 is 5.97 Å². The summed E-state index contributed by atoms with van der Waals surface area (Å²) in [5, 5.41) is 10.3. The number of rotatable bonds is 7. The molecule has 0 saturated heterocycles. The molecule has 8 nitrogen and oxygen atoms in total. The number of hydrogen-bond donors (Lipinski definition) is 2. The number of amides is 1. The number of benzene rings is 1. The number of nitrogens with zero attached hydrogens (tertiary/aromatic N) is 3. The molecule has 0 fully saturated rings. The Morgan fingerprint density at radius 1 is 1.26 bits per heavy atom. The van der Waals surface area contributed by atoms with Crippen molar-refractivity contribution in [3.05, 3.63) is 41.0 Å². The van der Waals surface area contributed by atoms with Crippen LogP contribution in [0.1, 0.15) is 22.4 Å². The summed E-state index contributed by atoms with van der Waals surface area (Å²) in [6, 6.07) is 9.30. The van der Waals surface area contributed by atoms with Crippen LogP contribution in [0.3, 0.4) is 0 Å². The summed E-state index contributed by atoms with van der Waals surface area (Å²) < 4.78 is 5.11. The molecule has 0 unspecified atom stereocenters. The lowest BCUT2D eigenvalue weighted by Crippen LogP contribution is -2.13. The van der Waals surface area contributed by atoms with Gasteiger partial charge in [-0.3, -0.25) is 9.89 Å². The zero-order valence-electron chi connectivity index (χ0n) is 14.7. The summed E-state index contributed by atoms with van der Waals surface area (Å²) in [5.41, 5.74) is 1.27. The van der Waals surface area contributed by atoms with Crippen molar-refractivity contribution in [2.45, 2.75) is 19.0 Å². The lowest BCUT2D eigenvalue weighted by molar-refractivity contribution is -0.113. The number of thioether (sulfide) groups is 1. The van der Waals surface area contributed by atoms with Crippen molar-refractivity contribution in [2.75, 3.05) is 17.7 Å². The van der Waals surface area contributed by atoms with E-state index in [0.29, 0.717) is 26.7 Å². The number of nitrogens with one attached hydrogen (secondary N) is 2. The van der Waals surface area contributed by atoms with E-state index in [2.05, 4.69) is 25.5 Å². The topological polar surface area (TPSA) is 110 Å². The van der Waals surface area contributed by atoms with Gasteiger partial charge in [-0.15, -0.1) is 5.10 Å². The molecule has 3 aromatic rings. The molecule has 0 aliphatic rings. The minimum Gasteiger partial charge on any atom is -0.462 e. The Hall–Kier alpha value is -2.72. The summed E-state index contributed by atoms with van der Waals surface area (Å²) in [5.74, 6) is 0.0993. The van der Waals surface area contributed by atoms with E-state index in [-0.39, 0.29) is 18.3 Å². The second kappa shape index (κ2) is 8.78. The SMILES string of the molecule is CCOC(=O)c1sc(NC(=O)CSc2n[nH]c(C)n2)nc1-c1ccccc1. The lowest BCUT2D eigenvalue weighted by atomic mass is 10.1. The maximum atomic E-state index is 12.3. The first-order chi connectivity index (χ1) is 13.1. The van der Waals surface area contributed by atoms with Crippen LogP contribution in [-0.4, -0.2) is 44.4 Å². The molecule has 2 N–H and O–H groups in total. The highest BCUT2D eigenvalue weighted by molar-refractivity contribution is 7.99. The highest BCUT2D eigenvalue weighted by atomic mass is 32.2. The Labute approximate surface area is 163 Å². The standard InChI is InChI=1S/C17H17N5O3S2/c1-3-25-15(24)14-13(11-7-5-4-6-8-11)20-16(27-14)19-12(23)9-26-17-18-10(2)21-22-17/h4-8H,3,9H2,1-2H3,(H,18,21,22)(H,19,20,23). The van der Waals surface area contributed by atoms with Gasteiger partial charge in [0.1, 0.15) is 10.7 Å². The van der Waals surface area contributed by atoms with Crippen LogP contribution in [-0.2, 0) is 9.53 Å². The zero-order chi connectivity index (χ0) is 19.2. The van der Waals surface area contributed by atoms with Crippen molar-refractivity contribution < 1.29 is 14.3 Å². The molecule has 0 radical (unpaired) electrons. The van der Waals surface area contributed by atoms with Crippen LogP contribution >= 0.6 is 23.1 Å². The minimum absolute atomic E-state index is 0.131. The average Bonchev–Trinajstić information content (AvgIpc) is 3.27. The fraction of sp³-hybridized carbons (Fsp3) is 0.235. The molecular weight excluding hydrogens is 386 g/mol. The Balaban J connectivity index is 1.75. The molecule has 0 aliphatic carbocycles. The molecular formula is C17H17N5O3S2. The molecule has 140 valence electrons. The van der Waals surface area contributed by atoms with E-state index in [9.17, 15) is 9.59 Å². The molecule has 10 heteroatoms. The maximum absolute atomic E-state index is 12.3.